The zero-order chi connectivity index (χ0) is 17.3. The highest BCUT2D eigenvalue weighted by Crippen LogP contribution is 2.11. The number of aliphatic imine (C=N–C) groups is 1. The topological polar surface area (TPSA) is 63.0 Å². The molecule has 0 aliphatic rings. The van der Waals surface area contributed by atoms with E-state index in [1.54, 1.807) is 11.3 Å². The maximum absolute atomic E-state index is 5.69. The van der Waals surface area contributed by atoms with Gasteiger partial charge in [-0.1, -0.05) is 18.2 Å². The van der Waals surface area contributed by atoms with E-state index in [9.17, 15) is 0 Å². The Morgan fingerprint density at radius 2 is 2.16 bits per heavy atom. The Labute approximate surface area is 151 Å². The molecule has 2 N–H and O–H groups in total. The van der Waals surface area contributed by atoms with Crippen LogP contribution in [0.25, 0.3) is 4.96 Å². The molecule has 2 heterocycles. The Morgan fingerprint density at radius 3 is 2.96 bits per heavy atom. The van der Waals surface area contributed by atoms with Gasteiger partial charge in [-0.2, -0.15) is 0 Å². The van der Waals surface area contributed by atoms with E-state index in [0.717, 1.165) is 41.9 Å². The van der Waals surface area contributed by atoms with E-state index in [0.29, 0.717) is 13.2 Å². The summed E-state index contributed by atoms with van der Waals surface area (Å²) in [6.07, 6.45) is 4.93. The second-order valence-corrected chi connectivity index (χ2v) is 6.34. The van der Waals surface area contributed by atoms with Crippen molar-refractivity contribution in [1.29, 1.82) is 0 Å². The molecule has 0 spiro atoms. The number of nitrogens with zero attached hydrogens (tertiary/aromatic N) is 3. The van der Waals surface area contributed by atoms with E-state index in [1.807, 2.05) is 52.5 Å². The molecule has 0 saturated carbocycles. The Kier molecular flexibility index (Phi) is 6.28. The molecule has 6 nitrogen and oxygen atoms in total. The fourth-order valence-electron chi connectivity index (χ4n) is 2.34. The van der Waals surface area contributed by atoms with E-state index >= 15 is 0 Å². The Balaban J connectivity index is 1.43. The van der Waals surface area contributed by atoms with Crippen LogP contribution in [-0.2, 0) is 6.54 Å². The van der Waals surface area contributed by atoms with E-state index in [2.05, 4.69) is 27.5 Å². The van der Waals surface area contributed by atoms with Gasteiger partial charge in [0.15, 0.2) is 10.9 Å². The molecule has 0 unspecified atom stereocenters. The normalized spacial score (nSPS) is 11.6. The Bertz CT molecular complexity index is 768. The largest absolute Gasteiger partial charge is 0.494 e. The highest BCUT2D eigenvalue weighted by atomic mass is 32.1. The predicted octanol–water partition coefficient (Wildman–Crippen LogP) is 2.92. The first-order chi connectivity index (χ1) is 12.3. The summed E-state index contributed by atoms with van der Waals surface area (Å²) < 4.78 is 7.71. The number of imidazole rings is 1. The summed E-state index contributed by atoms with van der Waals surface area (Å²) in [5.41, 5.74) is 0.969. The van der Waals surface area contributed by atoms with E-state index in [4.69, 9.17) is 4.74 Å². The molecule has 0 saturated heterocycles. The van der Waals surface area contributed by atoms with Gasteiger partial charge in [0.25, 0.3) is 0 Å². The highest BCUT2D eigenvalue weighted by Gasteiger charge is 2.03. The average molecular weight is 357 g/mol. The van der Waals surface area contributed by atoms with Gasteiger partial charge in [-0.05, 0) is 25.5 Å². The standard InChI is InChI=1S/C18H23N5OS/c1-2-19-17(20-9-6-11-24-16-7-4-3-5-8-16)21-13-15-14-23-10-12-25-18(23)22-15/h3-5,7-8,10,12,14H,2,6,9,11,13H2,1H3,(H2,19,20,21). The minimum Gasteiger partial charge on any atom is -0.494 e. The number of hydrogen-bond acceptors (Lipinski definition) is 4. The van der Waals surface area contributed by atoms with E-state index in [-0.39, 0.29) is 0 Å². The summed E-state index contributed by atoms with van der Waals surface area (Å²) in [4.78, 5) is 10.1. The van der Waals surface area contributed by atoms with Crippen LogP contribution in [0.3, 0.4) is 0 Å². The number of para-hydroxylation sites is 1. The van der Waals surface area contributed by atoms with Crippen LogP contribution in [0.15, 0.2) is 53.1 Å². The lowest BCUT2D eigenvalue weighted by Crippen LogP contribution is -2.38. The number of ether oxygens (including phenoxy) is 1. The van der Waals surface area contributed by atoms with Crippen molar-refractivity contribution < 1.29 is 4.74 Å². The lowest BCUT2D eigenvalue weighted by molar-refractivity contribution is 0.311. The number of thiazole rings is 1. The molecule has 0 radical (unpaired) electrons. The number of benzene rings is 1. The Morgan fingerprint density at radius 1 is 1.28 bits per heavy atom. The number of rotatable bonds is 8. The van der Waals surface area contributed by atoms with Crippen LogP contribution in [0, 0.1) is 0 Å². The molecule has 3 aromatic rings. The van der Waals surface area contributed by atoms with Gasteiger partial charge in [-0.3, -0.25) is 4.40 Å². The van der Waals surface area contributed by atoms with Gasteiger partial charge in [0.05, 0.1) is 18.8 Å². The van der Waals surface area contributed by atoms with E-state index < -0.39 is 0 Å². The van der Waals surface area contributed by atoms with Crippen molar-refractivity contribution in [2.24, 2.45) is 4.99 Å². The average Bonchev–Trinajstić information content (AvgIpc) is 3.22. The van der Waals surface area contributed by atoms with Crippen molar-refractivity contribution in [1.82, 2.24) is 20.0 Å². The molecule has 0 fully saturated rings. The monoisotopic (exact) mass is 357 g/mol. The predicted molar refractivity (Wildman–Crippen MR) is 102 cm³/mol. The van der Waals surface area contributed by atoms with Gasteiger partial charge in [0.2, 0.25) is 0 Å². The molecule has 2 aromatic heterocycles. The number of hydrogen-bond donors (Lipinski definition) is 2. The molecule has 0 aliphatic heterocycles. The second-order valence-electron chi connectivity index (χ2n) is 5.46. The fourth-order valence-corrected chi connectivity index (χ4v) is 3.06. The second kappa shape index (κ2) is 9.08. The number of nitrogens with one attached hydrogen (secondary N) is 2. The van der Waals surface area contributed by atoms with Crippen LogP contribution < -0.4 is 15.4 Å². The number of guanidine groups is 1. The first kappa shape index (κ1) is 17.3. The van der Waals surface area contributed by atoms with Crippen molar-refractivity contribution in [2.45, 2.75) is 19.9 Å². The molecular formula is C18H23N5OS. The quantitative estimate of drug-likeness (QED) is 0.370. The Hall–Kier alpha value is -2.54. The minimum atomic E-state index is 0.560. The molecule has 0 aliphatic carbocycles. The first-order valence-corrected chi connectivity index (χ1v) is 9.34. The van der Waals surface area contributed by atoms with Crippen LogP contribution >= 0.6 is 11.3 Å². The minimum absolute atomic E-state index is 0.560. The molecule has 1 aromatic carbocycles. The smallest absolute Gasteiger partial charge is 0.193 e. The molecular weight excluding hydrogens is 334 g/mol. The summed E-state index contributed by atoms with van der Waals surface area (Å²) in [7, 11) is 0. The van der Waals surface area contributed by atoms with Crippen LogP contribution in [0.2, 0.25) is 0 Å². The van der Waals surface area contributed by atoms with Gasteiger partial charge in [0.1, 0.15) is 5.75 Å². The molecule has 3 rings (SSSR count). The fraction of sp³-hybridized carbons (Fsp3) is 0.333. The maximum atomic E-state index is 5.69. The van der Waals surface area contributed by atoms with Gasteiger partial charge in [0, 0.05) is 30.9 Å². The summed E-state index contributed by atoms with van der Waals surface area (Å²) >= 11 is 1.63. The van der Waals surface area contributed by atoms with Crippen molar-refractivity contribution in [3.63, 3.8) is 0 Å². The van der Waals surface area contributed by atoms with Crippen LogP contribution in [0.1, 0.15) is 19.0 Å². The van der Waals surface area contributed by atoms with Crippen molar-refractivity contribution in [3.8, 4) is 5.75 Å². The molecule has 0 bridgehead atoms. The van der Waals surface area contributed by atoms with Crippen LogP contribution in [0.4, 0.5) is 0 Å². The van der Waals surface area contributed by atoms with Gasteiger partial charge in [-0.25, -0.2) is 9.98 Å². The van der Waals surface area contributed by atoms with Crippen LogP contribution in [-0.4, -0.2) is 35.0 Å². The molecule has 0 amide bonds. The first-order valence-electron chi connectivity index (χ1n) is 8.46. The molecule has 25 heavy (non-hydrogen) atoms. The van der Waals surface area contributed by atoms with Crippen molar-refractivity contribution in [3.05, 3.63) is 53.8 Å². The van der Waals surface area contributed by atoms with Crippen LogP contribution in [0.5, 0.6) is 5.75 Å². The van der Waals surface area contributed by atoms with Crippen molar-refractivity contribution >= 4 is 22.3 Å². The zero-order valence-corrected chi connectivity index (χ0v) is 15.1. The third-order valence-electron chi connectivity index (χ3n) is 3.51. The summed E-state index contributed by atoms with van der Waals surface area (Å²) in [5, 5.41) is 8.61. The number of fused-ring (bicyclic) bond motifs is 1. The number of aromatic nitrogens is 2. The van der Waals surface area contributed by atoms with Gasteiger partial charge < -0.3 is 15.4 Å². The van der Waals surface area contributed by atoms with E-state index in [1.165, 1.54) is 0 Å². The third kappa shape index (κ3) is 5.22. The van der Waals surface area contributed by atoms with Crippen molar-refractivity contribution in [2.75, 3.05) is 19.7 Å². The summed E-state index contributed by atoms with van der Waals surface area (Å²) in [6, 6.07) is 9.87. The maximum Gasteiger partial charge on any atom is 0.193 e. The molecule has 132 valence electrons. The zero-order valence-electron chi connectivity index (χ0n) is 14.3. The lowest BCUT2D eigenvalue weighted by atomic mass is 10.3. The summed E-state index contributed by atoms with van der Waals surface area (Å²) in [6.45, 7) is 4.92. The summed E-state index contributed by atoms with van der Waals surface area (Å²) in [5.74, 6) is 1.71. The van der Waals surface area contributed by atoms with Gasteiger partial charge in [-0.15, -0.1) is 11.3 Å². The lowest BCUT2D eigenvalue weighted by Gasteiger charge is -2.11. The SMILES string of the molecule is CCNC(=NCc1cn2ccsc2n1)NCCCOc1ccccc1. The molecule has 7 heteroatoms. The third-order valence-corrected chi connectivity index (χ3v) is 4.28. The molecule has 0 atom stereocenters. The van der Waals surface area contributed by atoms with Gasteiger partial charge >= 0.3 is 0 Å². The highest BCUT2D eigenvalue weighted by molar-refractivity contribution is 7.15.